The standard InChI is InChI=1S/C37H36F4N6O4S/c1-5-30(48)46-7-8-47-28(21(46)2)17-27(44-47)34-32(31-26(39)15-24(38)16-29(31)51-12-11-50-4)35-25(6-13-52-35)33(43-34)22-14-23-19-45(9-10-49-3)20-37(40,41)36(23)42-18-22/h5-6,13-18,21H,1,7-12,19-20H2,2-4H3/t21-/m1/s1. The second kappa shape index (κ2) is 14.4. The number of ether oxygens (including phenoxy) is 3. The van der Waals surface area contributed by atoms with Crippen LogP contribution in [0.15, 0.2) is 54.6 Å². The number of nitrogens with zero attached hydrogens (tertiary/aromatic N) is 6. The summed E-state index contributed by atoms with van der Waals surface area (Å²) in [5.41, 5.74) is 2.64. The van der Waals surface area contributed by atoms with Gasteiger partial charge in [0.05, 0.1) is 49.3 Å². The molecule has 0 saturated heterocycles. The zero-order valence-electron chi connectivity index (χ0n) is 28.8. The predicted octanol–water partition coefficient (Wildman–Crippen LogP) is 6.84. The lowest BCUT2D eigenvalue weighted by Crippen LogP contribution is -2.42. The number of fused-ring (bicyclic) bond motifs is 3. The summed E-state index contributed by atoms with van der Waals surface area (Å²) >= 11 is 1.32. The molecule has 0 radical (unpaired) electrons. The minimum absolute atomic E-state index is 0.0153. The fourth-order valence-electron chi connectivity index (χ4n) is 6.96. The summed E-state index contributed by atoms with van der Waals surface area (Å²) in [5, 5.41) is 7.32. The number of benzene rings is 1. The number of carbonyl (C=O) groups excluding carboxylic acids is 1. The lowest BCUT2D eigenvalue weighted by Gasteiger charge is -2.33. The van der Waals surface area contributed by atoms with E-state index in [2.05, 4.69) is 11.6 Å². The minimum atomic E-state index is -3.17. The Kier molecular flexibility index (Phi) is 9.87. The molecule has 15 heteroatoms. The van der Waals surface area contributed by atoms with Gasteiger partial charge < -0.3 is 19.1 Å². The van der Waals surface area contributed by atoms with E-state index in [0.717, 1.165) is 17.8 Å². The summed E-state index contributed by atoms with van der Waals surface area (Å²) in [6.07, 6.45) is 2.65. The van der Waals surface area contributed by atoms with E-state index < -0.39 is 24.1 Å². The number of halogens is 4. The first-order chi connectivity index (χ1) is 25.0. The fourth-order valence-corrected chi connectivity index (χ4v) is 7.91. The molecule has 5 aromatic rings. The van der Waals surface area contributed by atoms with E-state index in [1.165, 1.54) is 37.8 Å². The highest BCUT2D eigenvalue weighted by Crippen LogP contribution is 2.48. The third kappa shape index (κ3) is 6.46. The van der Waals surface area contributed by atoms with E-state index in [9.17, 15) is 9.18 Å². The molecule has 7 rings (SSSR count). The third-order valence-electron chi connectivity index (χ3n) is 9.40. The number of amides is 1. The quantitative estimate of drug-likeness (QED) is 0.0828. The van der Waals surface area contributed by atoms with Crippen LogP contribution in [0.1, 0.15) is 29.9 Å². The predicted molar refractivity (Wildman–Crippen MR) is 188 cm³/mol. The number of hydrogen-bond donors (Lipinski definition) is 0. The molecule has 0 bridgehead atoms. The van der Waals surface area contributed by atoms with Crippen LogP contribution in [0.25, 0.3) is 43.9 Å². The molecule has 2 aliphatic heterocycles. The average Bonchev–Trinajstić information content (AvgIpc) is 3.78. The van der Waals surface area contributed by atoms with Crippen molar-refractivity contribution in [2.45, 2.75) is 32.0 Å². The highest BCUT2D eigenvalue weighted by molar-refractivity contribution is 7.18. The molecule has 1 atom stereocenters. The Morgan fingerprint density at radius 2 is 1.88 bits per heavy atom. The van der Waals surface area contributed by atoms with Crippen LogP contribution in [-0.2, 0) is 33.3 Å². The largest absolute Gasteiger partial charge is 0.490 e. The average molecular weight is 737 g/mol. The summed E-state index contributed by atoms with van der Waals surface area (Å²) in [6.45, 7) is 6.87. The van der Waals surface area contributed by atoms with Crippen LogP contribution in [0.3, 0.4) is 0 Å². The van der Waals surface area contributed by atoms with Crippen molar-refractivity contribution >= 4 is 27.3 Å². The SMILES string of the molecule is C=CC(=O)N1CCn2nc(-c3nc(-c4cnc5c(c4)CN(CCOC)CC5(F)F)c4ccsc4c3-c3c(F)cc(F)cc3OCCOC)cc2[C@H]1C. The van der Waals surface area contributed by atoms with E-state index in [0.29, 0.717) is 64.4 Å². The molecule has 2 aliphatic rings. The number of rotatable bonds is 11. The van der Waals surface area contributed by atoms with E-state index in [-0.39, 0.29) is 54.4 Å². The van der Waals surface area contributed by atoms with Crippen molar-refractivity contribution in [3.8, 4) is 39.5 Å². The maximum Gasteiger partial charge on any atom is 0.302 e. The van der Waals surface area contributed by atoms with Crippen molar-refractivity contribution in [2.75, 3.05) is 53.7 Å². The van der Waals surface area contributed by atoms with E-state index >= 15 is 13.2 Å². The van der Waals surface area contributed by atoms with E-state index in [1.54, 1.807) is 26.6 Å². The van der Waals surface area contributed by atoms with Gasteiger partial charge in [0.25, 0.3) is 0 Å². The fraction of sp³-hybridized carbons (Fsp3) is 0.351. The molecule has 0 fully saturated rings. The molecular formula is C37H36F4N6O4S. The summed E-state index contributed by atoms with van der Waals surface area (Å²) in [6, 6.07) is 6.84. The number of methoxy groups -OCH3 is 2. The first-order valence-electron chi connectivity index (χ1n) is 16.7. The molecule has 52 heavy (non-hydrogen) atoms. The molecule has 0 saturated carbocycles. The summed E-state index contributed by atoms with van der Waals surface area (Å²) in [7, 11) is 3.01. The molecule has 10 nitrogen and oxygen atoms in total. The highest BCUT2D eigenvalue weighted by Gasteiger charge is 2.42. The Labute approximate surface area is 301 Å². The Bertz CT molecular complexity index is 2170. The first-order valence-corrected chi connectivity index (χ1v) is 17.5. The van der Waals surface area contributed by atoms with E-state index in [4.69, 9.17) is 24.3 Å². The Morgan fingerprint density at radius 1 is 1.08 bits per heavy atom. The lowest BCUT2D eigenvalue weighted by atomic mass is 9.95. The highest BCUT2D eigenvalue weighted by atomic mass is 32.1. The van der Waals surface area contributed by atoms with Crippen molar-refractivity contribution in [2.24, 2.45) is 0 Å². The molecule has 1 amide bonds. The normalized spacial score (nSPS) is 16.9. The zero-order chi connectivity index (χ0) is 36.7. The Hall–Kier alpha value is -4.70. The van der Waals surface area contributed by atoms with Crippen molar-refractivity contribution < 1.29 is 36.6 Å². The number of thiophene rings is 1. The van der Waals surface area contributed by atoms with Crippen LogP contribution in [0.4, 0.5) is 17.6 Å². The van der Waals surface area contributed by atoms with Gasteiger partial charge in [0.2, 0.25) is 5.91 Å². The van der Waals surface area contributed by atoms with Crippen LogP contribution < -0.4 is 4.74 Å². The molecule has 0 aliphatic carbocycles. The zero-order valence-corrected chi connectivity index (χ0v) is 29.6. The first kappa shape index (κ1) is 35.7. The molecular weight excluding hydrogens is 701 g/mol. The van der Waals surface area contributed by atoms with Crippen LogP contribution in [0, 0.1) is 11.6 Å². The lowest BCUT2D eigenvalue weighted by molar-refractivity contribution is -0.129. The van der Waals surface area contributed by atoms with Crippen molar-refractivity contribution in [1.82, 2.24) is 29.5 Å². The maximum absolute atomic E-state index is 16.2. The Morgan fingerprint density at radius 3 is 2.65 bits per heavy atom. The third-order valence-corrected chi connectivity index (χ3v) is 10.3. The van der Waals surface area contributed by atoms with Gasteiger partial charge in [0, 0.05) is 73.4 Å². The van der Waals surface area contributed by atoms with Crippen molar-refractivity contribution in [1.29, 1.82) is 0 Å². The van der Waals surface area contributed by atoms with Gasteiger partial charge in [-0.25, -0.2) is 13.8 Å². The maximum atomic E-state index is 16.2. The van der Waals surface area contributed by atoms with Gasteiger partial charge in [-0.15, -0.1) is 11.3 Å². The van der Waals surface area contributed by atoms with Gasteiger partial charge in [0.15, 0.2) is 0 Å². The van der Waals surface area contributed by atoms with Gasteiger partial charge in [-0.2, -0.15) is 13.9 Å². The molecule has 0 N–H and O–H groups in total. The van der Waals surface area contributed by atoms with Gasteiger partial charge in [-0.05, 0) is 42.1 Å². The second-order valence-corrected chi connectivity index (χ2v) is 13.6. The van der Waals surface area contributed by atoms with Crippen LogP contribution in [0.5, 0.6) is 5.75 Å². The summed E-state index contributed by atoms with van der Waals surface area (Å²) < 4.78 is 80.1. The van der Waals surface area contributed by atoms with Crippen LogP contribution in [-0.4, -0.2) is 89.1 Å². The summed E-state index contributed by atoms with van der Waals surface area (Å²) in [5.74, 6) is -5.13. The monoisotopic (exact) mass is 736 g/mol. The number of aromatic nitrogens is 4. The van der Waals surface area contributed by atoms with Crippen molar-refractivity contribution in [3.63, 3.8) is 0 Å². The molecule has 1 aromatic carbocycles. The number of hydrogen-bond acceptors (Lipinski definition) is 9. The molecule has 4 aromatic heterocycles. The number of alkyl halides is 2. The van der Waals surface area contributed by atoms with Gasteiger partial charge in [0.1, 0.15) is 41.1 Å². The van der Waals surface area contributed by atoms with Gasteiger partial charge >= 0.3 is 5.92 Å². The van der Waals surface area contributed by atoms with Gasteiger partial charge in [-0.3, -0.25) is 19.4 Å². The molecule has 0 unspecified atom stereocenters. The molecule has 0 spiro atoms. The summed E-state index contributed by atoms with van der Waals surface area (Å²) in [4.78, 5) is 25.3. The number of carbonyl (C=O) groups is 1. The van der Waals surface area contributed by atoms with E-state index in [1.807, 2.05) is 18.4 Å². The molecule has 6 heterocycles. The smallest absolute Gasteiger partial charge is 0.302 e. The topological polar surface area (TPSA) is 94.8 Å². The Balaban J connectivity index is 1.46. The van der Waals surface area contributed by atoms with Crippen LogP contribution >= 0.6 is 11.3 Å². The van der Waals surface area contributed by atoms with Gasteiger partial charge in [-0.1, -0.05) is 6.58 Å². The van der Waals surface area contributed by atoms with Crippen LogP contribution in [0.2, 0.25) is 0 Å². The minimum Gasteiger partial charge on any atom is -0.490 e. The second-order valence-electron chi connectivity index (χ2n) is 12.7. The van der Waals surface area contributed by atoms with Crippen molar-refractivity contribution in [3.05, 3.63) is 83.1 Å². The molecule has 272 valence electrons. The number of pyridine rings is 2.